The highest BCUT2D eigenvalue weighted by molar-refractivity contribution is 8.00. The van der Waals surface area contributed by atoms with E-state index in [9.17, 15) is 10.1 Å². The van der Waals surface area contributed by atoms with Gasteiger partial charge in [0.25, 0.3) is 0 Å². The summed E-state index contributed by atoms with van der Waals surface area (Å²) in [7, 11) is 1.65. The number of carbonyl (C=O) groups excluding carboxylic acids is 1. The van der Waals surface area contributed by atoms with Gasteiger partial charge in [0, 0.05) is 12.3 Å². The lowest BCUT2D eigenvalue weighted by Gasteiger charge is -2.22. The van der Waals surface area contributed by atoms with E-state index in [0.717, 1.165) is 32.2 Å². The van der Waals surface area contributed by atoms with Gasteiger partial charge in [-0.05, 0) is 32.2 Å². The fourth-order valence-corrected chi connectivity index (χ4v) is 3.29. The molecule has 0 bridgehead atoms. The number of amides is 1. The van der Waals surface area contributed by atoms with E-state index in [1.165, 1.54) is 0 Å². The number of nitrogens with one attached hydrogen (secondary N) is 2. The van der Waals surface area contributed by atoms with Gasteiger partial charge in [-0.1, -0.05) is 6.92 Å². The molecule has 17 heavy (non-hydrogen) atoms. The van der Waals surface area contributed by atoms with E-state index in [4.69, 9.17) is 0 Å². The summed E-state index contributed by atoms with van der Waals surface area (Å²) in [4.78, 5) is 11.2. The van der Waals surface area contributed by atoms with Crippen LogP contribution >= 0.6 is 11.8 Å². The molecule has 96 valence electrons. The molecule has 5 heteroatoms. The summed E-state index contributed by atoms with van der Waals surface area (Å²) in [5.74, 6) is 0.558. The number of nitrogens with zero attached hydrogens (tertiary/aromatic N) is 1. The summed E-state index contributed by atoms with van der Waals surface area (Å²) >= 11 is 1.66. The maximum atomic E-state index is 11.2. The molecule has 1 aliphatic carbocycles. The highest BCUT2D eigenvalue weighted by Gasteiger charge is 2.39. The third-order valence-electron chi connectivity index (χ3n) is 3.13. The van der Waals surface area contributed by atoms with E-state index >= 15 is 0 Å². The molecule has 2 unspecified atom stereocenters. The predicted molar refractivity (Wildman–Crippen MR) is 70.8 cm³/mol. The van der Waals surface area contributed by atoms with Crippen molar-refractivity contribution in [3.8, 4) is 6.07 Å². The molecule has 2 N–H and O–H groups in total. The van der Waals surface area contributed by atoms with Crippen LogP contribution in [0.15, 0.2) is 0 Å². The van der Waals surface area contributed by atoms with Crippen LogP contribution in [-0.4, -0.2) is 36.0 Å². The fourth-order valence-electron chi connectivity index (χ4n) is 2.07. The van der Waals surface area contributed by atoms with Crippen molar-refractivity contribution in [2.45, 2.75) is 43.4 Å². The molecule has 0 heterocycles. The van der Waals surface area contributed by atoms with Gasteiger partial charge in [0.1, 0.15) is 5.54 Å². The molecule has 2 atom stereocenters. The van der Waals surface area contributed by atoms with Gasteiger partial charge in [-0.15, -0.1) is 11.8 Å². The van der Waals surface area contributed by atoms with Crippen molar-refractivity contribution < 1.29 is 4.79 Å². The van der Waals surface area contributed by atoms with E-state index in [-0.39, 0.29) is 11.4 Å². The van der Waals surface area contributed by atoms with E-state index in [2.05, 4.69) is 23.6 Å². The molecule has 0 aromatic heterocycles. The number of hydrogen-bond donors (Lipinski definition) is 2. The topological polar surface area (TPSA) is 64.9 Å². The first-order valence-corrected chi connectivity index (χ1v) is 7.19. The maximum absolute atomic E-state index is 11.2. The second kappa shape index (κ2) is 6.87. The molecule has 0 spiro atoms. The minimum absolute atomic E-state index is 0.0611. The number of rotatable bonds is 6. The number of thioether (sulfide) groups is 1. The van der Waals surface area contributed by atoms with Gasteiger partial charge in [0.05, 0.1) is 11.8 Å². The number of carbonyl (C=O) groups is 1. The second-order valence-electron chi connectivity index (χ2n) is 4.47. The lowest BCUT2D eigenvalue weighted by atomic mass is 10.00. The lowest BCUT2D eigenvalue weighted by molar-refractivity contribution is -0.118. The Morgan fingerprint density at radius 3 is 3.00 bits per heavy atom. The SMILES string of the molecule is CCCNC1(C#N)CCC(SCC(=O)NC)C1. The van der Waals surface area contributed by atoms with Crippen molar-refractivity contribution in [1.82, 2.24) is 10.6 Å². The van der Waals surface area contributed by atoms with E-state index < -0.39 is 0 Å². The molecule has 1 amide bonds. The highest BCUT2D eigenvalue weighted by Crippen LogP contribution is 2.36. The second-order valence-corrected chi connectivity index (χ2v) is 5.76. The zero-order chi connectivity index (χ0) is 12.7. The normalized spacial score (nSPS) is 27.7. The molecule has 1 saturated carbocycles. The Kier molecular flexibility index (Phi) is 5.79. The molecule has 0 saturated heterocycles. The van der Waals surface area contributed by atoms with Crippen LogP contribution in [0.3, 0.4) is 0 Å². The van der Waals surface area contributed by atoms with Crippen LogP contribution in [0.2, 0.25) is 0 Å². The summed E-state index contributed by atoms with van der Waals surface area (Å²) in [6, 6.07) is 2.42. The van der Waals surface area contributed by atoms with Crippen molar-refractivity contribution in [1.29, 1.82) is 5.26 Å². The van der Waals surface area contributed by atoms with E-state index in [1.54, 1.807) is 18.8 Å². The van der Waals surface area contributed by atoms with Crippen molar-refractivity contribution in [2.75, 3.05) is 19.3 Å². The monoisotopic (exact) mass is 255 g/mol. The van der Waals surface area contributed by atoms with Gasteiger partial charge in [-0.3, -0.25) is 10.1 Å². The Labute approximate surface area is 108 Å². The van der Waals surface area contributed by atoms with Gasteiger partial charge in [0.2, 0.25) is 5.91 Å². The van der Waals surface area contributed by atoms with Crippen LogP contribution in [0.4, 0.5) is 0 Å². The third kappa shape index (κ3) is 4.21. The smallest absolute Gasteiger partial charge is 0.229 e. The zero-order valence-corrected chi connectivity index (χ0v) is 11.4. The average Bonchev–Trinajstić information content (AvgIpc) is 2.78. The van der Waals surface area contributed by atoms with Crippen molar-refractivity contribution in [2.24, 2.45) is 0 Å². The maximum Gasteiger partial charge on any atom is 0.229 e. The van der Waals surface area contributed by atoms with Crippen LogP contribution in [0.5, 0.6) is 0 Å². The highest BCUT2D eigenvalue weighted by atomic mass is 32.2. The van der Waals surface area contributed by atoms with Gasteiger partial charge in [-0.25, -0.2) is 0 Å². The summed E-state index contributed by atoms with van der Waals surface area (Å²) in [6.07, 6.45) is 3.81. The summed E-state index contributed by atoms with van der Waals surface area (Å²) in [5.41, 5.74) is -0.351. The first kappa shape index (κ1) is 14.3. The molecule has 0 aromatic rings. The van der Waals surface area contributed by atoms with Crippen LogP contribution in [-0.2, 0) is 4.79 Å². The van der Waals surface area contributed by atoms with Crippen LogP contribution in [0, 0.1) is 11.3 Å². The van der Waals surface area contributed by atoms with E-state index in [0.29, 0.717) is 11.0 Å². The van der Waals surface area contributed by atoms with Gasteiger partial charge in [0.15, 0.2) is 0 Å². The minimum atomic E-state index is -0.351. The first-order chi connectivity index (χ1) is 8.15. The van der Waals surface area contributed by atoms with Gasteiger partial charge in [-0.2, -0.15) is 5.26 Å². The summed E-state index contributed by atoms with van der Waals surface area (Å²) < 4.78 is 0. The zero-order valence-electron chi connectivity index (χ0n) is 10.6. The number of nitriles is 1. The van der Waals surface area contributed by atoms with Crippen LogP contribution in [0.25, 0.3) is 0 Å². The molecule has 4 nitrogen and oxygen atoms in total. The largest absolute Gasteiger partial charge is 0.358 e. The Morgan fingerprint density at radius 2 is 2.41 bits per heavy atom. The molecule has 1 rings (SSSR count). The first-order valence-electron chi connectivity index (χ1n) is 6.14. The predicted octanol–water partition coefficient (Wildman–Crippen LogP) is 1.28. The summed E-state index contributed by atoms with van der Waals surface area (Å²) in [5, 5.41) is 15.7. The molecule has 1 aliphatic rings. The van der Waals surface area contributed by atoms with Gasteiger partial charge < -0.3 is 5.32 Å². The molecule has 1 fully saturated rings. The Hall–Kier alpha value is -0.730. The third-order valence-corrected chi connectivity index (χ3v) is 4.43. The average molecular weight is 255 g/mol. The van der Waals surface area contributed by atoms with Gasteiger partial charge >= 0.3 is 0 Å². The van der Waals surface area contributed by atoms with Crippen molar-refractivity contribution in [3.63, 3.8) is 0 Å². The minimum Gasteiger partial charge on any atom is -0.358 e. The Balaban J connectivity index is 2.39. The van der Waals surface area contributed by atoms with Crippen molar-refractivity contribution in [3.05, 3.63) is 0 Å². The van der Waals surface area contributed by atoms with Crippen LogP contribution in [0.1, 0.15) is 32.6 Å². The lowest BCUT2D eigenvalue weighted by Crippen LogP contribution is -2.42. The summed E-state index contributed by atoms with van der Waals surface area (Å²) in [6.45, 7) is 2.99. The van der Waals surface area contributed by atoms with E-state index in [1.807, 2.05) is 0 Å². The molecule has 0 aromatic carbocycles. The molecular formula is C12H21N3OS. The molecule has 0 aliphatic heterocycles. The standard InChI is InChI=1S/C12H21N3OS/c1-3-6-15-12(9-13)5-4-10(7-12)17-8-11(16)14-2/h10,15H,3-8H2,1-2H3,(H,14,16). The molecular weight excluding hydrogens is 234 g/mol. The molecule has 0 radical (unpaired) electrons. The Morgan fingerprint density at radius 1 is 1.65 bits per heavy atom. The van der Waals surface area contributed by atoms with Crippen LogP contribution < -0.4 is 10.6 Å². The number of hydrogen-bond acceptors (Lipinski definition) is 4. The Bertz CT molecular complexity index is 303. The fraction of sp³-hybridized carbons (Fsp3) is 0.833. The van der Waals surface area contributed by atoms with Crippen molar-refractivity contribution >= 4 is 17.7 Å². The quantitative estimate of drug-likeness (QED) is 0.750.